The molecule has 0 bridgehead atoms. The van der Waals surface area contributed by atoms with Gasteiger partial charge >= 0.3 is 5.97 Å². The third-order valence-corrected chi connectivity index (χ3v) is 6.65. The molecule has 0 aromatic heterocycles. The Morgan fingerprint density at radius 2 is 1.89 bits per heavy atom. The minimum atomic E-state index is -1.07. The minimum absolute atomic E-state index is 0.155. The van der Waals surface area contributed by atoms with Crippen molar-refractivity contribution in [3.63, 3.8) is 0 Å². The molecule has 0 spiro atoms. The van der Waals surface area contributed by atoms with Crippen molar-refractivity contribution in [3.8, 4) is 11.5 Å². The number of amides is 1. The number of aliphatic carboxylic acids is 1. The van der Waals surface area contributed by atoms with E-state index in [0.717, 1.165) is 43.2 Å². The van der Waals surface area contributed by atoms with E-state index >= 15 is 0 Å². The second kappa shape index (κ2) is 10.8. The lowest BCUT2D eigenvalue weighted by Crippen LogP contribution is -2.36. The Kier molecular flexibility index (Phi) is 7.62. The maximum Gasteiger partial charge on any atom is 0.344 e. The van der Waals surface area contributed by atoms with E-state index in [-0.39, 0.29) is 5.91 Å². The number of carbonyl (C=O) groups excluding carboxylic acids is 1. The number of methoxy groups -OCH3 is 1. The van der Waals surface area contributed by atoms with Crippen molar-refractivity contribution >= 4 is 46.3 Å². The van der Waals surface area contributed by atoms with E-state index in [9.17, 15) is 9.59 Å². The zero-order valence-electron chi connectivity index (χ0n) is 19.8. The number of hydrogen-bond donors (Lipinski definition) is 1. The maximum absolute atomic E-state index is 12.8. The van der Waals surface area contributed by atoms with Crippen LogP contribution in [0.3, 0.4) is 0 Å². The van der Waals surface area contributed by atoms with Gasteiger partial charge in [-0.25, -0.2) is 9.79 Å². The van der Waals surface area contributed by atoms with Gasteiger partial charge in [0.1, 0.15) is 0 Å². The van der Waals surface area contributed by atoms with Gasteiger partial charge in [-0.15, -0.1) is 0 Å². The molecule has 2 saturated heterocycles. The van der Waals surface area contributed by atoms with Crippen molar-refractivity contribution in [1.29, 1.82) is 0 Å². The summed E-state index contributed by atoms with van der Waals surface area (Å²) < 4.78 is 16.2. The molecule has 0 unspecified atom stereocenters. The van der Waals surface area contributed by atoms with Crippen molar-refractivity contribution < 1.29 is 28.9 Å². The second-order valence-electron chi connectivity index (χ2n) is 7.99. The van der Waals surface area contributed by atoms with Gasteiger partial charge < -0.3 is 24.2 Å². The number of anilines is 1. The highest BCUT2D eigenvalue weighted by Crippen LogP contribution is 2.35. The van der Waals surface area contributed by atoms with Gasteiger partial charge in [0.25, 0.3) is 5.91 Å². The van der Waals surface area contributed by atoms with Crippen LogP contribution in [-0.2, 0) is 14.3 Å². The molecule has 1 atom stereocenters. The molecule has 2 aliphatic rings. The SMILES string of the molecule is COc1cc(/C=C2\SC(=Nc3ccc(N4CCOCC4)cc3)N(C)C2=O)ccc1O[C@@H](C)C(=O)O. The van der Waals surface area contributed by atoms with E-state index in [0.29, 0.717) is 21.6 Å². The number of thioether (sulfide) groups is 1. The van der Waals surface area contributed by atoms with Crippen molar-refractivity contribution in [2.75, 3.05) is 45.4 Å². The number of ether oxygens (including phenoxy) is 3. The molecule has 35 heavy (non-hydrogen) atoms. The van der Waals surface area contributed by atoms with Crippen LogP contribution in [0.15, 0.2) is 52.4 Å². The average Bonchev–Trinajstić information content (AvgIpc) is 3.13. The lowest BCUT2D eigenvalue weighted by Gasteiger charge is -2.28. The van der Waals surface area contributed by atoms with Gasteiger partial charge in [-0.2, -0.15) is 0 Å². The van der Waals surface area contributed by atoms with Crippen LogP contribution in [0.2, 0.25) is 0 Å². The highest BCUT2D eigenvalue weighted by molar-refractivity contribution is 8.18. The molecule has 2 aromatic carbocycles. The van der Waals surface area contributed by atoms with Crippen LogP contribution in [-0.4, -0.2) is 73.6 Å². The molecule has 1 amide bonds. The predicted molar refractivity (Wildman–Crippen MR) is 136 cm³/mol. The van der Waals surface area contributed by atoms with Gasteiger partial charge in [0.2, 0.25) is 0 Å². The van der Waals surface area contributed by atoms with E-state index in [1.54, 1.807) is 31.3 Å². The molecule has 0 aliphatic carbocycles. The summed E-state index contributed by atoms with van der Waals surface area (Å²) in [5, 5.41) is 9.66. The number of likely N-dealkylation sites (N-methyl/N-ethyl adjacent to an activating group) is 1. The second-order valence-corrected chi connectivity index (χ2v) is 9.00. The molecule has 0 saturated carbocycles. The Balaban J connectivity index is 1.50. The van der Waals surface area contributed by atoms with E-state index in [4.69, 9.17) is 19.3 Å². The number of aliphatic imine (C=N–C) groups is 1. The Hall–Kier alpha value is -3.50. The quantitative estimate of drug-likeness (QED) is 0.579. The van der Waals surface area contributed by atoms with Gasteiger partial charge in [0, 0.05) is 25.8 Å². The number of carboxylic acid groups (broad SMARTS) is 1. The third-order valence-electron chi connectivity index (χ3n) is 5.59. The normalized spacial score (nSPS) is 19.3. The molecule has 1 N–H and O–H groups in total. The molecule has 0 radical (unpaired) electrons. The molecule has 2 aromatic rings. The first kappa shape index (κ1) is 24.6. The molecule has 10 heteroatoms. The number of hydrogen-bond acceptors (Lipinski definition) is 8. The molecule has 4 rings (SSSR count). The summed E-state index contributed by atoms with van der Waals surface area (Å²) >= 11 is 1.29. The molecular weight excluding hydrogens is 470 g/mol. The Morgan fingerprint density at radius 3 is 2.54 bits per heavy atom. The van der Waals surface area contributed by atoms with E-state index in [2.05, 4.69) is 9.89 Å². The van der Waals surface area contributed by atoms with E-state index in [1.807, 2.05) is 24.3 Å². The standard InChI is InChI=1S/C25H27N3O6S/c1-16(24(30)31)34-20-9-4-17(14-21(20)32-3)15-22-23(29)27(2)25(35-22)26-18-5-7-19(8-6-18)28-10-12-33-13-11-28/h4-9,14-16H,10-13H2,1-3H3,(H,30,31)/b22-15-,26-25?/t16-/m0/s1. The fraction of sp³-hybridized carbons (Fsp3) is 0.320. The Labute approximate surface area is 208 Å². The molecule has 2 fully saturated rings. The van der Waals surface area contributed by atoms with Gasteiger partial charge in [-0.05, 0) is 66.7 Å². The van der Waals surface area contributed by atoms with Crippen LogP contribution in [0.5, 0.6) is 11.5 Å². The van der Waals surface area contributed by atoms with Gasteiger partial charge in [-0.1, -0.05) is 6.07 Å². The van der Waals surface area contributed by atoms with Gasteiger partial charge in [0.05, 0.1) is 30.9 Å². The number of benzene rings is 2. The zero-order chi connectivity index (χ0) is 24.9. The summed E-state index contributed by atoms with van der Waals surface area (Å²) in [5.41, 5.74) is 2.61. The largest absolute Gasteiger partial charge is 0.493 e. The van der Waals surface area contributed by atoms with Crippen LogP contribution in [0.1, 0.15) is 12.5 Å². The first-order valence-electron chi connectivity index (χ1n) is 11.1. The number of amidine groups is 1. The van der Waals surface area contributed by atoms with E-state index < -0.39 is 12.1 Å². The molecule has 2 aliphatic heterocycles. The third kappa shape index (κ3) is 5.77. The van der Waals surface area contributed by atoms with Crippen molar-refractivity contribution in [2.45, 2.75) is 13.0 Å². The number of morpholine rings is 1. The number of carbonyl (C=O) groups is 2. The lowest BCUT2D eigenvalue weighted by molar-refractivity contribution is -0.144. The minimum Gasteiger partial charge on any atom is -0.493 e. The van der Waals surface area contributed by atoms with Crippen molar-refractivity contribution in [3.05, 3.63) is 52.9 Å². The van der Waals surface area contributed by atoms with Crippen molar-refractivity contribution in [1.82, 2.24) is 4.90 Å². The lowest BCUT2D eigenvalue weighted by atomic mass is 10.2. The smallest absolute Gasteiger partial charge is 0.344 e. The van der Waals surface area contributed by atoms with Gasteiger partial charge in [-0.3, -0.25) is 9.69 Å². The summed E-state index contributed by atoms with van der Waals surface area (Å²) in [6.07, 6.45) is 0.732. The molecule has 2 heterocycles. The van der Waals surface area contributed by atoms with Gasteiger partial charge in [0.15, 0.2) is 22.8 Å². The summed E-state index contributed by atoms with van der Waals surface area (Å²) in [6, 6.07) is 13.0. The maximum atomic E-state index is 12.8. The first-order valence-corrected chi connectivity index (χ1v) is 11.9. The Bertz CT molecular complexity index is 1160. The summed E-state index contributed by atoms with van der Waals surface area (Å²) in [4.78, 5) is 32.9. The van der Waals surface area contributed by atoms with E-state index in [1.165, 1.54) is 30.7 Å². The van der Waals surface area contributed by atoms with Crippen LogP contribution in [0.25, 0.3) is 6.08 Å². The van der Waals surface area contributed by atoms with Crippen LogP contribution in [0, 0.1) is 0 Å². The van der Waals surface area contributed by atoms with Crippen LogP contribution >= 0.6 is 11.8 Å². The molecule has 184 valence electrons. The van der Waals surface area contributed by atoms with Crippen molar-refractivity contribution in [2.24, 2.45) is 4.99 Å². The summed E-state index contributed by atoms with van der Waals surface area (Å²) in [6.45, 7) is 4.63. The Morgan fingerprint density at radius 1 is 1.17 bits per heavy atom. The topological polar surface area (TPSA) is 101 Å². The number of rotatable bonds is 7. The fourth-order valence-corrected chi connectivity index (χ4v) is 4.57. The summed E-state index contributed by atoms with van der Waals surface area (Å²) in [5.74, 6) is -0.533. The fourth-order valence-electron chi connectivity index (χ4n) is 3.59. The monoisotopic (exact) mass is 497 g/mol. The van der Waals surface area contributed by atoms with Crippen LogP contribution < -0.4 is 14.4 Å². The summed E-state index contributed by atoms with van der Waals surface area (Å²) in [7, 11) is 3.17. The first-order chi connectivity index (χ1) is 16.9. The zero-order valence-corrected chi connectivity index (χ0v) is 20.6. The average molecular weight is 498 g/mol. The predicted octanol–water partition coefficient (Wildman–Crippen LogP) is 3.62. The number of carboxylic acids is 1. The molecule has 9 nitrogen and oxygen atoms in total. The number of nitrogens with zero attached hydrogens (tertiary/aromatic N) is 3. The highest BCUT2D eigenvalue weighted by Gasteiger charge is 2.30. The molecular formula is C25H27N3O6S. The van der Waals surface area contributed by atoms with Crippen LogP contribution in [0.4, 0.5) is 11.4 Å². The highest BCUT2D eigenvalue weighted by atomic mass is 32.2.